The Morgan fingerprint density at radius 1 is 1.09 bits per heavy atom. The highest BCUT2D eigenvalue weighted by Gasteiger charge is 2.26. The molecule has 0 fully saturated rings. The number of aliphatic carboxylic acids is 1. The lowest BCUT2D eigenvalue weighted by Crippen LogP contribution is -2.57. The fourth-order valence-corrected chi connectivity index (χ4v) is 1.63. The zero-order chi connectivity index (χ0) is 18.2. The van der Waals surface area contributed by atoms with E-state index in [1.54, 1.807) is 0 Å². The number of thiol groups is 1. The molecule has 4 atom stereocenters. The summed E-state index contributed by atoms with van der Waals surface area (Å²) in [6, 6.07) is -3.28. The van der Waals surface area contributed by atoms with Crippen LogP contribution in [0.1, 0.15) is 13.8 Å². The molecule has 0 bridgehead atoms. The molecule has 0 aliphatic rings. The Kier molecular flexibility index (Phi) is 9.22. The lowest BCUT2D eigenvalue weighted by molar-refractivity contribution is -0.138. The summed E-state index contributed by atoms with van der Waals surface area (Å²) in [7, 11) is 0. The highest BCUT2D eigenvalue weighted by atomic mass is 32.1. The molecule has 0 aliphatic carbocycles. The standard InChI is InChI=1S/C12H22N4O6S/c1-5(10(20)14-3-8(18)19)15-11(21)7(4-23)16-12(22)9(13)6(2)17/h5-7,9,17,23H,3-4,13H2,1-2H3,(H,14,20)(H,15,21)(H,16,22)(H,18,19). The molecule has 0 saturated heterocycles. The molecule has 0 aromatic rings. The van der Waals surface area contributed by atoms with Crippen molar-refractivity contribution in [2.24, 2.45) is 5.73 Å². The highest BCUT2D eigenvalue weighted by molar-refractivity contribution is 7.80. The zero-order valence-electron chi connectivity index (χ0n) is 12.8. The third kappa shape index (κ3) is 7.81. The summed E-state index contributed by atoms with van der Waals surface area (Å²) in [4.78, 5) is 45.6. The summed E-state index contributed by atoms with van der Waals surface area (Å²) in [5, 5.41) is 24.4. The van der Waals surface area contributed by atoms with E-state index in [-0.39, 0.29) is 5.75 Å². The summed E-state index contributed by atoms with van der Waals surface area (Å²) >= 11 is 3.93. The predicted octanol–water partition coefficient (Wildman–Crippen LogP) is -3.19. The molecule has 3 amide bonds. The van der Waals surface area contributed by atoms with E-state index in [1.807, 2.05) is 0 Å². The van der Waals surface area contributed by atoms with Crippen LogP contribution in [0.25, 0.3) is 0 Å². The molecule has 0 rings (SSSR count). The van der Waals surface area contributed by atoms with Crippen molar-refractivity contribution in [3.8, 4) is 0 Å². The van der Waals surface area contributed by atoms with Crippen molar-refractivity contribution < 1.29 is 29.4 Å². The van der Waals surface area contributed by atoms with Crippen molar-refractivity contribution >= 4 is 36.3 Å². The Hall–Kier alpha value is -1.85. The quantitative estimate of drug-likeness (QED) is 0.215. The van der Waals surface area contributed by atoms with E-state index in [4.69, 9.17) is 10.8 Å². The van der Waals surface area contributed by atoms with Gasteiger partial charge in [0, 0.05) is 5.75 Å². The van der Waals surface area contributed by atoms with Crippen LogP contribution in [0.2, 0.25) is 0 Å². The number of nitrogens with two attached hydrogens (primary N) is 1. The molecule has 0 radical (unpaired) electrons. The average molecular weight is 350 g/mol. The van der Waals surface area contributed by atoms with Gasteiger partial charge in [0.15, 0.2) is 0 Å². The summed E-state index contributed by atoms with van der Waals surface area (Å²) in [6.07, 6.45) is -1.10. The summed E-state index contributed by atoms with van der Waals surface area (Å²) < 4.78 is 0. The van der Waals surface area contributed by atoms with Gasteiger partial charge in [-0.2, -0.15) is 12.6 Å². The minimum Gasteiger partial charge on any atom is -0.480 e. The minimum absolute atomic E-state index is 0.0619. The van der Waals surface area contributed by atoms with Gasteiger partial charge in [0.25, 0.3) is 0 Å². The number of hydrogen-bond acceptors (Lipinski definition) is 7. The van der Waals surface area contributed by atoms with Crippen LogP contribution in [0.3, 0.4) is 0 Å². The van der Waals surface area contributed by atoms with Crippen LogP contribution in [0.15, 0.2) is 0 Å². The minimum atomic E-state index is -1.22. The van der Waals surface area contributed by atoms with Crippen LogP contribution in [0.5, 0.6) is 0 Å². The molecule has 10 nitrogen and oxygen atoms in total. The molecular weight excluding hydrogens is 328 g/mol. The number of hydrogen-bond donors (Lipinski definition) is 7. The van der Waals surface area contributed by atoms with Crippen molar-refractivity contribution in [2.45, 2.75) is 38.1 Å². The Labute approximate surface area is 138 Å². The first-order valence-corrected chi connectivity index (χ1v) is 7.38. The Balaban J connectivity index is 4.57. The molecule has 0 aromatic heterocycles. The van der Waals surface area contributed by atoms with Crippen LogP contribution < -0.4 is 21.7 Å². The summed E-state index contributed by atoms with van der Waals surface area (Å²) in [5.41, 5.74) is 5.44. The second kappa shape index (κ2) is 10.0. The van der Waals surface area contributed by atoms with Gasteiger partial charge in [-0.05, 0) is 13.8 Å². The second-order valence-corrected chi connectivity index (χ2v) is 5.22. The monoisotopic (exact) mass is 350 g/mol. The topological polar surface area (TPSA) is 171 Å². The van der Waals surface area contributed by atoms with E-state index in [0.29, 0.717) is 0 Å². The van der Waals surface area contributed by atoms with E-state index in [2.05, 4.69) is 28.6 Å². The third-order valence-electron chi connectivity index (χ3n) is 2.80. The predicted molar refractivity (Wildman–Crippen MR) is 83.7 cm³/mol. The van der Waals surface area contributed by atoms with Gasteiger partial charge in [0.2, 0.25) is 17.7 Å². The SMILES string of the molecule is CC(NC(=O)C(CS)NC(=O)C(N)C(C)O)C(=O)NCC(=O)O. The number of rotatable bonds is 9. The maximum atomic E-state index is 12.0. The molecule has 0 spiro atoms. The molecule has 7 N–H and O–H groups in total. The van der Waals surface area contributed by atoms with Gasteiger partial charge in [0.05, 0.1) is 6.10 Å². The van der Waals surface area contributed by atoms with Crippen LogP contribution >= 0.6 is 12.6 Å². The fraction of sp³-hybridized carbons (Fsp3) is 0.667. The van der Waals surface area contributed by atoms with Crippen LogP contribution in [-0.4, -0.2) is 70.4 Å². The maximum Gasteiger partial charge on any atom is 0.322 e. The number of aliphatic hydroxyl groups is 1. The summed E-state index contributed by atoms with van der Waals surface area (Å²) in [6.45, 7) is 2.11. The van der Waals surface area contributed by atoms with Gasteiger partial charge < -0.3 is 31.9 Å². The number of nitrogens with one attached hydrogen (secondary N) is 3. The zero-order valence-corrected chi connectivity index (χ0v) is 13.7. The van der Waals surface area contributed by atoms with E-state index in [0.717, 1.165) is 0 Å². The van der Waals surface area contributed by atoms with Crippen LogP contribution in [0.4, 0.5) is 0 Å². The Morgan fingerprint density at radius 3 is 2.09 bits per heavy atom. The Morgan fingerprint density at radius 2 is 1.65 bits per heavy atom. The van der Waals surface area contributed by atoms with Gasteiger partial charge in [-0.1, -0.05) is 0 Å². The number of aliphatic hydroxyl groups excluding tert-OH is 1. The van der Waals surface area contributed by atoms with Crippen LogP contribution in [0, 0.1) is 0 Å². The van der Waals surface area contributed by atoms with Crippen LogP contribution in [-0.2, 0) is 19.2 Å². The number of carbonyl (C=O) groups excluding carboxylic acids is 3. The van der Waals surface area contributed by atoms with Gasteiger partial charge in [-0.3, -0.25) is 19.2 Å². The lowest BCUT2D eigenvalue weighted by atomic mass is 10.1. The van der Waals surface area contributed by atoms with E-state index < -0.39 is 54.5 Å². The van der Waals surface area contributed by atoms with Crippen molar-refractivity contribution in [3.05, 3.63) is 0 Å². The van der Waals surface area contributed by atoms with Gasteiger partial charge in [0.1, 0.15) is 24.7 Å². The molecule has 0 heterocycles. The molecule has 132 valence electrons. The largest absolute Gasteiger partial charge is 0.480 e. The smallest absolute Gasteiger partial charge is 0.322 e. The van der Waals surface area contributed by atoms with E-state index in [1.165, 1.54) is 13.8 Å². The number of carboxylic acid groups (broad SMARTS) is 1. The van der Waals surface area contributed by atoms with E-state index >= 15 is 0 Å². The second-order valence-electron chi connectivity index (χ2n) is 4.85. The Bertz CT molecular complexity index is 459. The first kappa shape index (κ1) is 21.1. The van der Waals surface area contributed by atoms with Gasteiger partial charge in [-0.25, -0.2) is 0 Å². The molecule has 0 aromatic carbocycles. The first-order valence-electron chi connectivity index (χ1n) is 6.74. The van der Waals surface area contributed by atoms with Crippen molar-refractivity contribution in [1.29, 1.82) is 0 Å². The molecule has 0 saturated carbocycles. The molecule has 4 unspecified atom stereocenters. The van der Waals surface area contributed by atoms with Gasteiger partial charge >= 0.3 is 5.97 Å². The molecule has 0 aliphatic heterocycles. The summed E-state index contributed by atoms with van der Waals surface area (Å²) in [5.74, 6) is -3.40. The normalized spacial score (nSPS) is 15.7. The lowest BCUT2D eigenvalue weighted by Gasteiger charge is -2.22. The number of amides is 3. The van der Waals surface area contributed by atoms with Crippen molar-refractivity contribution in [3.63, 3.8) is 0 Å². The molecule has 11 heteroatoms. The number of carbonyl (C=O) groups is 4. The van der Waals surface area contributed by atoms with Crippen molar-refractivity contribution in [2.75, 3.05) is 12.3 Å². The van der Waals surface area contributed by atoms with E-state index in [9.17, 15) is 24.3 Å². The average Bonchev–Trinajstić information content (AvgIpc) is 2.48. The maximum absolute atomic E-state index is 12.0. The van der Waals surface area contributed by atoms with Crippen molar-refractivity contribution in [1.82, 2.24) is 16.0 Å². The first-order chi connectivity index (χ1) is 10.6. The molecular formula is C12H22N4O6S. The molecule has 23 heavy (non-hydrogen) atoms. The van der Waals surface area contributed by atoms with Gasteiger partial charge in [-0.15, -0.1) is 0 Å². The highest BCUT2D eigenvalue weighted by Crippen LogP contribution is 1.95. The fourth-order valence-electron chi connectivity index (χ4n) is 1.38. The number of carboxylic acids is 1. The third-order valence-corrected chi connectivity index (χ3v) is 3.17.